The number of para-hydroxylation sites is 1. The Morgan fingerprint density at radius 1 is 0.792 bits per heavy atom. The maximum absolute atomic E-state index is 5.92. The van der Waals surface area contributed by atoms with Crippen molar-refractivity contribution in [2.24, 2.45) is 0 Å². The third kappa shape index (κ3) is 4.79. The first-order valence-electron chi connectivity index (χ1n) is 16.4. The maximum Gasteiger partial charge on any atom is 0.235 e. The SMILES string of the molecule is C#C/C(C)=C\c1c(C)n(-c2nc(-c3ccccc3)cc(C3(C)C=CC=CC3)n2)c2cc3c(cc12)c1cc(C)ccc1n3-c1ccccc1. The number of hydrogen-bond acceptors (Lipinski definition) is 2. The van der Waals surface area contributed by atoms with E-state index in [0.29, 0.717) is 5.95 Å². The number of terminal acetylenes is 1. The molecule has 8 rings (SSSR count). The van der Waals surface area contributed by atoms with E-state index in [1.165, 1.54) is 21.9 Å². The summed E-state index contributed by atoms with van der Waals surface area (Å²) in [6, 6.07) is 34.5. The maximum atomic E-state index is 5.92. The van der Waals surface area contributed by atoms with Crippen LogP contribution in [0.2, 0.25) is 0 Å². The van der Waals surface area contributed by atoms with Gasteiger partial charge in [-0.15, -0.1) is 6.42 Å². The highest BCUT2D eigenvalue weighted by molar-refractivity contribution is 6.15. The largest absolute Gasteiger partial charge is 0.309 e. The van der Waals surface area contributed by atoms with E-state index in [2.05, 4.69) is 157 Å². The molecule has 0 saturated carbocycles. The Morgan fingerprint density at radius 2 is 1.52 bits per heavy atom. The minimum absolute atomic E-state index is 0.263. The van der Waals surface area contributed by atoms with Crippen molar-refractivity contribution in [2.75, 3.05) is 0 Å². The molecule has 0 bridgehead atoms. The molecule has 0 amide bonds. The predicted molar refractivity (Wildman–Crippen MR) is 201 cm³/mol. The monoisotopic (exact) mass is 620 g/mol. The molecule has 1 aliphatic rings. The average molecular weight is 621 g/mol. The Labute approximate surface area is 281 Å². The van der Waals surface area contributed by atoms with Crippen LogP contribution in [0, 0.1) is 26.2 Å². The summed E-state index contributed by atoms with van der Waals surface area (Å²) < 4.78 is 4.59. The fourth-order valence-corrected chi connectivity index (χ4v) is 7.12. The Hall–Kier alpha value is -5.92. The van der Waals surface area contributed by atoms with Gasteiger partial charge in [-0.3, -0.25) is 4.57 Å². The van der Waals surface area contributed by atoms with Crippen molar-refractivity contribution >= 4 is 38.8 Å². The van der Waals surface area contributed by atoms with E-state index in [1.54, 1.807) is 0 Å². The average Bonchev–Trinajstić information content (AvgIpc) is 3.57. The highest BCUT2D eigenvalue weighted by Gasteiger charge is 2.28. The second-order valence-corrected chi connectivity index (χ2v) is 13.1. The number of aryl methyl sites for hydroxylation is 1. The molecule has 0 saturated heterocycles. The van der Waals surface area contributed by atoms with Crippen molar-refractivity contribution in [1.29, 1.82) is 0 Å². The molecular formula is C44H36N4. The zero-order valence-electron chi connectivity index (χ0n) is 27.7. The molecule has 1 atom stereocenters. The third-order valence-electron chi connectivity index (χ3n) is 9.72. The van der Waals surface area contributed by atoms with Crippen LogP contribution in [0.3, 0.4) is 0 Å². The van der Waals surface area contributed by atoms with Gasteiger partial charge in [-0.1, -0.05) is 97.3 Å². The van der Waals surface area contributed by atoms with Gasteiger partial charge in [-0.2, -0.15) is 0 Å². The van der Waals surface area contributed by atoms with Gasteiger partial charge in [0.25, 0.3) is 0 Å². The van der Waals surface area contributed by atoms with Gasteiger partial charge in [0.2, 0.25) is 5.95 Å². The van der Waals surface area contributed by atoms with Gasteiger partial charge in [-0.05, 0) is 81.3 Å². The Kier molecular flexibility index (Phi) is 7.00. The van der Waals surface area contributed by atoms with Crippen LogP contribution >= 0.6 is 0 Å². The Morgan fingerprint density at radius 3 is 2.25 bits per heavy atom. The van der Waals surface area contributed by atoms with Crippen molar-refractivity contribution in [3.63, 3.8) is 0 Å². The number of allylic oxidation sites excluding steroid dienone is 5. The summed E-state index contributed by atoms with van der Waals surface area (Å²) in [4.78, 5) is 10.6. The molecule has 7 aromatic rings. The molecule has 4 aromatic carbocycles. The lowest BCUT2D eigenvalue weighted by Gasteiger charge is -2.27. The molecule has 4 nitrogen and oxygen atoms in total. The highest BCUT2D eigenvalue weighted by Crippen LogP contribution is 2.40. The number of nitrogens with zero attached hydrogens (tertiary/aromatic N) is 4. The van der Waals surface area contributed by atoms with Gasteiger partial charge in [0.05, 0.1) is 27.9 Å². The summed E-state index contributed by atoms with van der Waals surface area (Å²) in [5, 5.41) is 3.53. The van der Waals surface area contributed by atoms with Crippen LogP contribution in [0.4, 0.5) is 0 Å². The van der Waals surface area contributed by atoms with Gasteiger partial charge < -0.3 is 4.57 Å². The molecule has 48 heavy (non-hydrogen) atoms. The van der Waals surface area contributed by atoms with Gasteiger partial charge in [0.1, 0.15) is 0 Å². The molecule has 0 aliphatic heterocycles. The molecule has 0 N–H and O–H groups in total. The van der Waals surface area contributed by atoms with Crippen LogP contribution in [0.5, 0.6) is 0 Å². The van der Waals surface area contributed by atoms with Gasteiger partial charge in [-0.25, -0.2) is 9.97 Å². The second kappa shape index (κ2) is 11.4. The van der Waals surface area contributed by atoms with E-state index < -0.39 is 0 Å². The smallest absolute Gasteiger partial charge is 0.235 e. The third-order valence-corrected chi connectivity index (χ3v) is 9.72. The first kappa shape index (κ1) is 29.5. The molecule has 1 unspecified atom stereocenters. The lowest BCUT2D eigenvalue weighted by molar-refractivity contribution is 0.575. The fraction of sp³-hybridized carbons (Fsp3) is 0.136. The van der Waals surface area contributed by atoms with Gasteiger partial charge >= 0.3 is 0 Å². The molecule has 3 heterocycles. The van der Waals surface area contributed by atoms with Crippen LogP contribution in [-0.2, 0) is 5.41 Å². The van der Waals surface area contributed by atoms with Crippen molar-refractivity contribution in [2.45, 2.75) is 39.5 Å². The summed E-state index contributed by atoms with van der Waals surface area (Å²) in [6.07, 6.45) is 17.6. The van der Waals surface area contributed by atoms with Gasteiger partial charge in [0, 0.05) is 44.1 Å². The molecule has 1 aliphatic carbocycles. The molecule has 0 fully saturated rings. The second-order valence-electron chi connectivity index (χ2n) is 13.1. The van der Waals surface area contributed by atoms with E-state index in [0.717, 1.165) is 62.3 Å². The van der Waals surface area contributed by atoms with Crippen LogP contribution in [-0.4, -0.2) is 19.1 Å². The molecular weight excluding hydrogens is 585 g/mol. The molecule has 0 radical (unpaired) electrons. The van der Waals surface area contributed by atoms with E-state index in [-0.39, 0.29) is 5.41 Å². The number of hydrogen-bond donors (Lipinski definition) is 0. The minimum Gasteiger partial charge on any atom is -0.309 e. The molecule has 232 valence electrons. The number of benzene rings is 4. The van der Waals surface area contributed by atoms with Crippen LogP contribution in [0.15, 0.2) is 127 Å². The number of aromatic nitrogens is 4. The summed E-state index contributed by atoms with van der Waals surface area (Å²) in [5.41, 5.74) is 11.3. The van der Waals surface area contributed by atoms with Crippen LogP contribution in [0.25, 0.3) is 61.7 Å². The molecule has 3 aromatic heterocycles. The Balaban J connectivity index is 1.50. The lowest BCUT2D eigenvalue weighted by Crippen LogP contribution is -2.23. The standard InChI is InChI=1S/C44H36N4/c1-6-29(2)24-34-31(4)47(43-45-38(32-16-10-7-11-17-32)27-42(46-43)44(5)22-14-9-15-23-44)40-28-41-37(26-36(34)40)35-25-30(3)20-21-39(35)48(41)33-18-12-8-13-19-33/h1,7-22,24-28H,23H2,2-5H3/b29-24-. The lowest BCUT2D eigenvalue weighted by atomic mass is 9.80. The van der Waals surface area contributed by atoms with E-state index >= 15 is 0 Å². The van der Waals surface area contributed by atoms with E-state index in [4.69, 9.17) is 16.4 Å². The van der Waals surface area contributed by atoms with Crippen LogP contribution < -0.4 is 0 Å². The summed E-state index contributed by atoms with van der Waals surface area (Å²) >= 11 is 0. The Bertz CT molecular complexity index is 2520. The fourth-order valence-electron chi connectivity index (χ4n) is 7.12. The van der Waals surface area contributed by atoms with Gasteiger partial charge in [0.15, 0.2) is 0 Å². The minimum atomic E-state index is -0.263. The van der Waals surface area contributed by atoms with E-state index in [1.807, 2.05) is 13.0 Å². The summed E-state index contributed by atoms with van der Waals surface area (Å²) in [6.45, 7) is 8.54. The van der Waals surface area contributed by atoms with E-state index in [9.17, 15) is 0 Å². The first-order chi connectivity index (χ1) is 23.3. The zero-order valence-corrected chi connectivity index (χ0v) is 27.7. The highest BCUT2D eigenvalue weighted by atomic mass is 15.2. The topological polar surface area (TPSA) is 35.6 Å². The summed E-state index contributed by atoms with van der Waals surface area (Å²) in [5.74, 6) is 3.49. The summed E-state index contributed by atoms with van der Waals surface area (Å²) in [7, 11) is 0. The quantitative estimate of drug-likeness (QED) is 0.180. The predicted octanol–water partition coefficient (Wildman–Crippen LogP) is 10.6. The van der Waals surface area contributed by atoms with Crippen molar-refractivity contribution in [1.82, 2.24) is 19.1 Å². The van der Waals surface area contributed by atoms with Crippen molar-refractivity contribution in [3.8, 4) is 35.2 Å². The normalized spacial score (nSPS) is 16.3. The number of fused-ring (bicyclic) bond motifs is 4. The number of rotatable bonds is 5. The first-order valence-corrected chi connectivity index (χ1v) is 16.4. The zero-order chi connectivity index (χ0) is 33.0. The van der Waals surface area contributed by atoms with Crippen LogP contribution in [0.1, 0.15) is 42.8 Å². The molecule has 4 heteroatoms. The molecule has 0 spiro atoms. The van der Waals surface area contributed by atoms with Crippen molar-refractivity contribution in [3.05, 3.63) is 149 Å². The van der Waals surface area contributed by atoms with Crippen molar-refractivity contribution < 1.29 is 0 Å².